The molecule has 1 aromatic rings. The first-order valence-corrected chi connectivity index (χ1v) is 4.88. The van der Waals surface area contributed by atoms with Gasteiger partial charge in [-0.05, 0) is 6.92 Å². The quantitative estimate of drug-likeness (QED) is 0.610. The molecule has 0 bridgehead atoms. The first-order valence-electron chi connectivity index (χ1n) is 4.88. The van der Waals surface area contributed by atoms with E-state index in [1.54, 1.807) is 6.07 Å². The van der Waals surface area contributed by atoms with E-state index in [-0.39, 0.29) is 12.8 Å². The van der Waals surface area contributed by atoms with E-state index in [4.69, 9.17) is 15.6 Å². The first-order chi connectivity index (χ1) is 7.11. The molecule has 4 N–H and O–H groups in total. The van der Waals surface area contributed by atoms with Crippen LogP contribution in [-0.4, -0.2) is 38.8 Å². The van der Waals surface area contributed by atoms with Crippen LogP contribution >= 0.6 is 0 Å². The molecule has 0 spiro atoms. The predicted molar refractivity (Wildman–Crippen MR) is 53.0 cm³/mol. The van der Waals surface area contributed by atoms with Crippen molar-refractivity contribution in [3.05, 3.63) is 11.8 Å². The van der Waals surface area contributed by atoms with Gasteiger partial charge in [0.1, 0.15) is 11.9 Å². The summed E-state index contributed by atoms with van der Waals surface area (Å²) in [5.41, 5.74) is 6.53. The summed E-state index contributed by atoms with van der Waals surface area (Å²) < 4.78 is 6.96. The van der Waals surface area contributed by atoms with Gasteiger partial charge in [0.15, 0.2) is 6.23 Å². The van der Waals surface area contributed by atoms with E-state index >= 15 is 0 Å². The Bertz CT molecular complexity index is 352. The lowest BCUT2D eigenvalue weighted by Crippen LogP contribution is -2.24. The SMILES string of the molecule is Cc1cc(N)n([C@H]2C[C@H](O)[C@@H](CO)O2)n1. The van der Waals surface area contributed by atoms with Gasteiger partial charge in [0, 0.05) is 12.5 Å². The van der Waals surface area contributed by atoms with Gasteiger partial charge in [0.05, 0.1) is 18.4 Å². The molecule has 84 valence electrons. The van der Waals surface area contributed by atoms with Crippen LogP contribution in [0.25, 0.3) is 0 Å². The number of aryl methyl sites for hydroxylation is 1. The monoisotopic (exact) mass is 213 g/mol. The van der Waals surface area contributed by atoms with Crippen molar-refractivity contribution < 1.29 is 14.9 Å². The molecule has 6 nitrogen and oxygen atoms in total. The Morgan fingerprint density at radius 1 is 1.73 bits per heavy atom. The van der Waals surface area contributed by atoms with E-state index in [2.05, 4.69) is 5.10 Å². The molecule has 0 saturated carbocycles. The van der Waals surface area contributed by atoms with Crippen LogP contribution in [0.2, 0.25) is 0 Å². The van der Waals surface area contributed by atoms with E-state index < -0.39 is 12.2 Å². The molecule has 0 unspecified atom stereocenters. The molecule has 2 heterocycles. The van der Waals surface area contributed by atoms with Crippen LogP contribution < -0.4 is 5.73 Å². The largest absolute Gasteiger partial charge is 0.394 e. The van der Waals surface area contributed by atoms with Gasteiger partial charge in [-0.2, -0.15) is 5.10 Å². The van der Waals surface area contributed by atoms with Crippen molar-refractivity contribution in [2.45, 2.75) is 31.8 Å². The van der Waals surface area contributed by atoms with Gasteiger partial charge < -0.3 is 20.7 Å². The molecule has 1 aromatic heterocycles. The van der Waals surface area contributed by atoms with Gasteiger partial charge in [-0.15, -0.1) is 0 Å². The second-order valence-electron chi connectivity index (χ2n) is 3.77. The summed E-state index contributed by atoms with van der Waals surface area (Å²) in [5.74, 6) is 0.503. The predicted octanol–water partition coefficient (Wildman–Crippen LogP) is -0.586. The molecular weight excluding hydrogens is 198 g/mol. The number of aliphatic hydroxyl groups excluding tert-OH is 2. The average Bonchev–Trinajstić information content (AvgIpc) is 2.69. The van der Waals surface area contributed by atoms with Crippen molar-refractivity contribution in [3.8, 4) is 0 Å². The molecule has 6 heteroatoms. The fourth-order valence-corrected chi connectivity index (χ4v) is 1.80. The Morgan fingerprint density at radius 3 is 2.93 bits per heavy atom. The van der Waals surface area contributed by atoms with Gasteiger partial charge in [-0.3, -0.25) is 0 Å². The Morgan fingerprint density at radius 2 is 2.47 bits per heavy atom. The molecule has 0 aliphatic carbocycles. The molecule has 15 heavy (non-hydrogen) atoms. The lowest BCUT2D eigenvalue weighted by Gasteiger charge is -2.13. The van der Waals surface area contributed by atoms with E-state index in [9.17, 15) is 5.11 Å². The third kappa shape index (κ3) is 1.83. The van der Waals surface area contributed by atoms with Crippen molar-refractivity contribution in [1.82, 2.24) is 9.78 Å². The molecule has 0 radical (unpaired) electrons. The summed E-state index contributed by atoms with van der Waals surface area (Å²) in [6, 6.07) is 1.74. The van der Waals surface area contributed by atoms with E-state index in [0.29, 0.717) is 12.2 Å². The zero-order valence-corrected chi connectivity index (χ0v) is 8.50. The summed E-state index contributed by atoms with van der Waals surface area (Å²) in [7, 11) is 0. The number of nitrogens with zero attached hydrogens (tertiary/aromatic N) is 2. The van der Waals surface area contributed by atoms with Gasteiger partial charge >= 0.3 is 0 Å². The Labute approximate surface area is 87.3 Å². The third-order valence-corrected chi connectivity index (χ3v) is 2.54. The zero-order valence-electron chi connectivity index (χ0n) is 8.50. The Kier molecular flexibility index (Phi) is 2.64. The van der Waals surface area contributed by atoms with Gasteiger partial charge in [0.2, 0.25) is 0 Å². The van der Waals surface area contributed by atoms with Crippen molar-refractivity contribution >= 4 is 5.82 Å². The second kappa shape index (κ2) is 3.80. The molecule has 0 aromatic carbocycles. The number of hydrogen-bond acceptors (Lipinski definition) is 5. The second-order valence-corrected chi connectivity index (χ2v) is 3.77. The third-order valence-electron chi connectivity index (χ3n) is 2.54. The summed E-state index contributed by atoms with van der Waals surface area (Å²) in [6.45, 7) is 1.64. The Hall–Kier alpha value is -1.11. The van der Waals surface area contributed by atoms with Crippen molar-refractivity contribution in [1.29, 1.82) is 0 Å². The van der Waals surface area contributed by atoms with Gasteiger partial charge in [0.25, 0.3) is 0 Å². The lowest BCUT2D eigenvalue weighted by molar-refractivity contribution is -0.0476. The number of hydrogen-bond donors (Lipinski definition) is 3. The summed E-state index contributed by atoms with van der Waals surface area (Å²) in [4.78, 5) is 0. The lowest BCUT2D eigenvalue weighted by atomic mass is 10.2. The minimum Gasteiger partial charge on any atom is -0.394 e. The fourth-order valence-electron chi connectivity index (χ4n) is 1.80. The minimum atomic E-state index is -0.663. The standard InChI is InChI=1S/C9H15N3O3/c1-5-2-8(10)12(11-5)9-3-6(14)7(4-13)15-9/h2,6-7,9,13-14H,3-4,10H2,1H3/t6-,7+,9+/m0/s1. The normalized spacial score (nSPS) is 31.0. The number of anilines is 1. The maximum absolute atomic E-state index is 9.55. The molecule has 3 atom stereocenters. The topological polar surface area (TPSA) is 93.5 Å². The van der Waals surface area contributed by atoms with Crippen LogP contribution in [0.1, 0.15) is 18.3 Å². The van der Waals surface area contributed by atoms with Crippen LogP contribution in [0.3, 0.4) is 0 Å². The molecule has 1 fully saturated rings. The van der Waals surface area contributed by atoms with E-state index in [1.807, 2.05) is 6.92 Å². The van der Waals surface area contributed by atoms with E-state index in [1.165, 1.54) is 4.68 Å². The fraction of sp³-hybridized carbons (Fsp3) is 0.667. The molecule has 2 rings (SSSR count). The summed E-state index contributed by atoms with van der Waals surface area (Å²) >= 11 is 0. The van der Waals surface area contributed by atoms with E-state index in [0.717, 1.165) is 5.69 Å². The minimum absolute atomic E-state index is 0.197. The Balaban J connectivity index is 2.16. The van der Waals surface area contributed by atoms with Gasteiger partial charge in [-0.25, -0.2) is 4.68 Å². The summed E-state index contributed by atoms with van der Waals surface area (Å²) in [6.07, 6.45) is -1.19. The smallest absolute Gasteiger partial charge is 0.155 e. The average molecular weight is 213 g/mol. The number of ether oxygens (including phenoxy) is 1. The maximum Gasteiger partial charge on any atom is 0.155 e. The molecular formula is C9H15N3O3. The molecule has 1 saturated heterocycles. The number of aliphatic hydroxyl groups is 2. The van der Waals surface area contributed by atoms with Gasteiger partial charge in [-0.1, -0.05) is 0 Å². The number of nitrogen functional groups attached to an aromatic ring is 1. The van der Waals surface area contributed by atoms with Crippen molar-refractivity contribution in [2.75, 3.05) is 12.3 Å². The van der Waals surface area contributed by atoms with Crippen molar-refractivity contribution in [3.63, 3.8) is 0 Å². The molecule has 1 aliphatic heterocycles. The highest BCUT2D eigenvalue weighted by molar-refractivity contribution is 5.30. The highest BCUT2D eigenvalue weighted by Gasteiger charge is 2.35. The highest BCUT2D eigenvalue weighted by Crippen LogP contribution is 2.29. The van der Waals surface area contributed by atoms with Crippen molar-refractivity contribution in [2.24, 2.45) is 0 Å². The highest BCUT2D eigenvalue weighted by atomic mass is 16.5. The van der Waals surface area contributed by atoms with Crippen LogP contribution in [-0.2, 0) is 4.74 Å². The zero-order chi connectivity index (χ0) is 11.0. The van der Waals surface area contributed by atoms with Crippen LogP contribution in [0.4, 0.5) is 5.82 Å². The molecule has 0 amide bonds. The molecule has 1 aliphatic rings. The number of aromatic nitrogens is 2. The number of nitrogens with two attached hydrogens (primary N) is 1. The first kappa shape index (κ1) is 10.4. The summed E-state index contributed by atoms with van der Waals surface area (Å²) in [5, 5.41) is 22.7. The van der Waals surface area contributed by atoms with Crippen LogP contribution in [0.15, 0.2) is 6.07 Å². The number of rotatable bonds is 2. The van der Waals surface area contributed by atoms with Crippen LogP contribution in [0.5, 0.6) is 0 Å². The van der Waals surface area contributed by atoms with Crippen LogP contribution in [0, 0.1) is 6.92 Å². The maximum atomic E-state index is 9.55.